The van der Waals surface area contributed by atoms with E-state index in [0.717, 1.165) is 12.0 Å². The van der Waals surface area contributed by atoms with Crippen molar-refractivity contribution in [1.29, 1.82) is 0 Å². The first kappa shape index (κ1) is 18.6. The molecule has 3 nitrogen and oxygen atoms in total. The number of nitrogens with one attached hydrogen (secondary N) is 1. The second-order valence-electron chi connectivity index (χ2n) is 5.74. The van der Waals surface area contributed by atoms with Crippen LogP contribution >= 0.6 is 23.2 Å². The van der Waals surface area contributed by atoms with E-state index in [-0.39, 0.29) is 18.6 Å². The number of halogens is 2. The Labute approximate surface area is 152 Å². The standard InChI is InChI=1S/C19H21Cl2NO2/c1-4-17(14-6-5-12(2)13(3)9-14)22-19(23)11-24-18-8-7-15(20)10-16(18)21/h5-10,17H,4,11H2,1-3H3,(H,22,23)/t17-/m1/s1. The molecule has 0 aromatic heterocycles. The molecule has 2 rings (SSSR count). The molecule has 2 aromatic carbocycles. The lowest BCUT2D eigenvalue weighted by Gasteiger charge is -2.19. The van der Waals surface area contributed by atoms with Crippen molar-refractivity contribution in [2.24, 2.45) is 0 Å². The van der Waals surface area contributed by atoms with Crippen LogP contribution in [-0.4, -0.2) is 12.5 Å². The van der Waals surface area contributed by atoms with E-state index in [0.29, 0.717) is 15.8 Å². The number of hydrogen-bond acceptors (Lipinski definition) is 2. The number of carbonyl (C=O) groups is 1. The lowest BCUT2D eigenvalue weighted by Crippen LogP contribution is -2.32. The molecule has 0 aliphatic rings. The fraction of sp³-hybridized carbons (Fsp3) is 0.316. The first-order valence-corrected chi connectivity index (χ1v) is 8.60. The largest absolute Gasteiger partial charge is 0.482 e. The van der Waals surface area contributed by atoms with Gasteiger partial charge in [-0.25, -0.2) is 0 Å². The van der Waals surface area contributed by atoms with Gasteiger partial charge in [0.2, 0.25) is 0 Å². The Bertz CT molecular complexity index is 731. The number of ether oxygens (including phenoxy) is 1. The van der Waals surface area contributed by atoms with Crippen LogP contribution in [0.5, 0.6) is 5.75 Å². The van der Waals surface area contributed by atoms with Crippen molar-refractivity contribution in [3.05, 3.63) is 63.1 Å². The second-order valence-corrected chi connectivity index (χ2v) is 6.58. The zero-order valence-corrected chi connectivity index (χ0v) is 15.5. The number of rotatable bonds is 6. The Morgan fingerprint density at radius 2 is 1.88 bits per heavy atom. The molecule has 2 aromatic rings. The van der Waals surface area contributed by atoms with Gasteiger partial charge in [0.05, 0.1) is 11.1 Å². The Balaban J connectivity index is 1.97. The van der Waals surface area contributed by atoms with Gasteiger partial charge < -0.3 is 10.1 Å². The van der Waals surface area contributed by atoms with Crippen LogP contribution in [0.4, 0.5) is 0 Å². The fourth-order valence-corrected chi connectivity index (χ4v) is 2.84. The minimum absolute atomic E-state index is 0.0407. The molecule has 24 heavy (non-hydrogen) atoms. The zero-order chi connectivity index (χ0) is 17.7. The molecule has 0 fully saturated rings. The highest BCUT2D eigenvalue weighted by atomic mass is 35.5. The summed E-state index contributed by atoms with van der Waals surface area (Å²) in [5.41, 5.74) is 3.54. The van der Waals surface area contributed by atoms with E-state index in [2.05, 4.69) is 31.3 Å². The van der Waals surface area contributed by atoms with Crippen molar-refractivity contribution in [1.82, 2.24) is 5.32 Å². The van der Waals surface area contributed by atoms with Crippen molar-refractivity contribution in [2.45, 2.75) is 33.2 Å². The topological polar surface area (TPSA) is 38.3 Å². The highest BCUT2D eigenvalue weighted by Gasteiger charge is 2.14. The van der Waals surface area contributed by atoms with Crippen LogP contribution in [0.2, 0.25) is 10.0 Å². The van der Waals surface area contributed by atoms with Gasteiger partial charge in [-0.2, -0.15) is 0 Å². The first-order valence-electron chi connectivity index (χ1n) is 7.85. The van der Waals surface area contributed by atoms with Crippen LogP contribution in [0.15, 0.2) is 36.4 Å². The van der Waals surface area contributed by atoms with Crippen LogP contribution in [-0.2, 0) is 4.79 Å². The summed E-state index contributed by atoms with van der Waals surface area (Å²) in [6.07, 6.45) is 0.802. The van der Waals surface area contributed by atoms with Gasteiger partial charge in [-0.15, -0.1) is 0 Å². The van der Waals surface area contributed by atoms with E-state index < -0.39 is 0 Å². The highest BCUT2D eigenvalue weighted by molar-refractivity contribution is 6.35. The molecular weight excluding hydrogens is 345 g/mol. The van der Waals surface area contributed by atoms with Gasteiger partial charge in [-0.05, 0) is 55.2 Å². The molecule has 1 amide bonds. The minimum Gasteiger partial charge on any atom is -0.482 e. The summed E-state index contributed by atoms with van der Waals surface area (Å²) in [5, 5.41) is 3.91. The summed E-state index contributed by atoms with van der Waals surface area (Å²) in [4.78, 5) is 12.2. The maximum absolute atomic E-state index is 12.2. The Hall–Kier alpha value is -1.71. The van der Waals surface area contributed by atoms with Crippen molar-refractivity contribution in [3.63, 3.8) is 0 Å². The number of hydrogen-bond donors (Lipinski definition) is 1. The van der Waals surface area contributed by atoms with E-state index in [1.807, 2.05) is 13.0 Å². The zero-order valence-electron chi connectivity index (χ0n) is 14.0. The van der Waals surface area contributed by atoms with Crippen molar-refractivity contribution in [2.75, 3.05) is 6.61 Å². The fourth-order valence-electron chi connectivity index (χ4n) is 2.37. The van der Waals surface area contributed by atoms with Gasteiger partial charge in [-0.3, -0.25) is 4.79 Å². The lowest BCUT2D eigenvalue weighted by molar-refractivity contribution is -0.123. The third kappa shape index (κ3) is 4.89. The maximum Gasteiger partial charge on any atom is 0.258 e. The molecule has 0 heterocycles. The monoisotopic (exact) mass is 365 g/mol. The molecular formula is C19H21Cl2NO2. The lowest BCUT2D eigenvalue weighted by atomic mass is 9.99. The third-order valence-corrected chi connectivity index (χ3v) is 4.46. The van der Waals surface area contributed by atoms with Crippen molar-refractivity contribution in [3.8, 4) is 5.75 Å². The molecule has 1 N–H and O–H groups in total. The smallest absolute Gasteiger partial charge is 0.258 e. The van der Waals surface area contributed by atoms with Crippen LogP contribution in [0, 0.1) is 13.8 Å². The number of amides is 1. The quantitative estimate of drug-likeness (QED) is 0.758. The summed E-state index contributed by atoms with van der Waals surface area (Å²) in [6.45, 7) is 6.08. The van der Waals surface area contributed by atoms with Crippen LogP contribution < -0.4 is 10.1 Å². The van der Waals surface area contributed by atoms with Gasteiger partial charge in [0.15, 0.2) is 6.61 Å². The van der Waals surface area contributed by atoms with E-state index >= 15 is 0 Å². The Kier molecular flexibility index (Phi) is 6.52. The first-order chi connectivity index (χ1) is 11.4. The summed E-state index contributed by atoms with van der Waals surface area (Å²) in [5.74, 6) is 0.251. The number of carbonyl (C=O) groups excluding carboxylic acids is 1. The second kappa shape index (κ2) is 8.41. The highest BCUT2D eigenvalue weighted by Crippen LogP contribution is 2.27. The van der Waals surface area contributed by atoms with E-state index in [4.69, 9.17) is 27.9 Å². The van der Waals surface area contributed by atoms with Gasteiger partial charge in [0.25, 0.3) is 5.91 Å². The van der Waals surface area contributed by atoms with E-state index in [1.165, 1.54) is 11.1 Å². The van der Waals surface area contributed by atoms with E-state index in [1.54, 1.807) is 18.2 Å². The molecule has 0 aliphatic carbocycles. The van der Waals surface area contributed by atoms with Crippen LogP contribution in [0.1, 0.15) is 36.1 Å². The summed E-state index contributed by atoms with van der Waals surface area (Å²) < 4.78 is 5.48. The van der Waals surface area contributed by atoms with Crippen LogP contribution in [0.3, 0.4) is 0 Å². The predicted octanol–water partition coefficient (Wildman–Crippen LogP) is 5.26. The molecule has 0 unspecified atom stereocenters. The molecule has 0 radical (unpaired) electrons. The van der Waals surface area contributed by atoms with Crippen molar-refractivity contribution >= 4 is 29.1 Å². The molecule has 0 spiro atoms. The van der Waals surface area contributed by atoms with Gasteiger partial charge in [0, 0.05) is 5.02 Å². The Morgan fingerprint density at radius 1 is 1.12 bits per heavy atom. The molecule has 0 bridgehead atoms. The van der Waals surface area contributed by atoms with Crippen molar-refractivity contribution < 1.29 is 9.53 Å². The summed E-state index contributed by atoms with van der Waals surface area (Å²) >= 11 is 11.9. The average Bonchev–Trinajstić information content (AvgIpc) is 2.54. The molecule has 1 atom stereocenters. The van der Waals surface area contributed by atoms with Gasteiger partial charge >= 0.3 is 0 Å². The summed E-state index contributed by atoms with van der Waals surface area (Å²) in [7, 11) is 0. The maximum atomic E-state index is 12.2. The number of aryl methyl sites for hydroxylation is 2. The van der Waals surface area contributed by atoms with E-state index in [9.17, 15) is 4.79 Å². The normalized spacial score (nSPS) is 11.9. The predicted molar refractivity (Wildman–Crippen MR) is 99.0 cm³/mol. The molecule has 0 saturated carbocycles. The van der Waals surface area contributed by atoms with Gasteiger partial charge in [0.1, 0.15) is 5.75 Å². The average molecular weight is 366 g/mol. The van der Waals surface area contributed by atoms with Gasteiger partial charge in [-0.1, -0.05) is 48.3 Å². The molecule has 5 heteroatoms. The molecule has 128 valence electrons. The Morgan fingerprint density at radius 3 is 2.50 bits per heavy atom. The molecule has 0 aliphatic heterocycles. The summed E-state index contributed by atoms with van der Waals surface area (Å²) in [6, 6.07) is 11.1. The number of benzene rings is 2. The SMILES string of the molecule is CC[C@@H](NC(=O)COc1ccc(Cl)cc1Cl)c1ccc(C)c(C)c1. The third-order valence-electron chi connectivity index (χ3n) is 3.93. The minimum atomic E-state index is -0.189. The van der Waals surface area contributed by atoms with Crippen LogP contribution in [0.25, 0.3) is 0 Å². The molecule has 0 saturated heterocycles.